The number of nitrogens with one attached hydrogen (secondary N) is 1. The lowest BCUT2D eigenvalue weighted by Gasteiger charge is -2.29. The second kappa shape index (κ2) is 5.85. The number of para-hydroxylation sites is 1. The van der Waals surface area contributed by atoms with Crippen LogP contribution in [0.2, 0.25) is 5.02 Å². The molecule has 0 fully saturated rings. The molecule has 0 aliphatic heterocycles. The smallest absolute Gasteiger partial charge is 0.247 e. The lowest BCUT2D eigenvalue weighted by Crippen LogP contribution is -2.45. The second-order valence-corrected chi connectivity index (χ2v) is 5.92. The highest BCUT2D eigenvalue weighted by molar-refractivity contribution is 9.10. The van der Waals surface area contributed by atoms with Crippen molar-refractivity contribution in [3.8, 4) is 0 Å². The zero-order valence-electron chi connectivity index (χ0n) is 10.9. The van der Waals surface area contributed by atoms with E-state index in [1.807, 2.05) is 42.5 Å². The van der Waals surface area contributed by atoms with Gasteiger partial charge in [-0.3, -0.25) is 4.79 Å². The van der Waals surface area contributed by atoms with E-state index in [1.54, 1.807) is 13.0 Å². The average Bonchev–Trinajstić information content (AvgIpc) is 2.42. The number of carbonyl (C=O) groups excluding carboxylic acids is 1. The molecule has 0 saturated heterocycles. The van der Waals surface area contributed by atoms with Gasteiger partial charge in [-0.05, 0) is 36.8 Å². The van der Waals surface area contributed by atoms with Gasteiger partial charge in [-0.1, -0.05) is 51.8 Å². The molecule has 1 atom stereocenters. The van der Waals surface area contributed by atoms with E-state index in [4.69, 9.17) is 17.3 Å². The molecule has 0 aliphatic carbocycles. The van der Waals surface area contributed by atoms with Crippen molar-refractivity contribution in [2.75, 3.05) is 5.32 Å². The van der Waals surface area contributed by atoms with Crippen LogP contribution in [0.25, 0.3) is 0 Å². The maximum absolute atomic E-state index is 11.9. The first-order valence-corrected chi connectivity index (χ1v) is 7.19. The van der Waals surface area contributed by atoms with Crippen LogP contribution in [0.15, 0.2) is 53.0 Å². The molecule has 104 valence electrons. The Bertz CT molecular complexity index is 630. The van der Waals surface area contributed by atoms with E-state index in [-0.39, 0.29) is 0 Å². The van der Waals surface area contributed by atoms with E-state index in [2.05, 4.69) is 21.2 Å². The number of anilines is 1. The molecule has 1 unspecified atom stereocenters. The first kappa shape index (κ1) is 14.9. The van der Waals surface area contributed by atoms with Crippen LogP contribution in [0, 0.1) is 0 Å². The average molecular weight is 354 g/mol. The largest absolute Gasteiger partial charge is 0.367 e. The van der Waals surface area contributed by atoms with Crippen molar-refractivity contribution in [1.29, 1.82) is 0 Å². The van der Waals surface area contributed by atoms with Crippen molar-refractivity contribution < 1.29 is 4.79 Å². The molecule has 3 N–H and O–H groups in total. The van der Waals surface area contributed by atoms with Gasteiger partial charge < -0.3 is 11.1 Å². The molecule has 2 aromatic carbocycles. The monoisotopic (exact) mass is 352 g/mol. The van der Waals surface area contributed by atoms with E-state index in [1.165, 1.54) is 0 Å². The van der Waals surface area contributed by atoms with Crippen LogP contribution in [0.4, 0.5) is 5.69 Å². The minimum atomic E-state index is -1.04. The van der Waals surface area contributed by atoms with Crippen molar-refractivity contribution >= 4 is 39.1 Å². The van der Waals surface area contributed by atoms with Gasteiger partial charge in [0.2, 0.25) is 5.91 Å². The highest BCUT2D eigenvalue weighted by atomic mass is 79.9. The van der Waals surface area contributed by atoms with Crippen LogP contribution in [-0.2, 0) is 10.3 Å². The maximum atomic E-state index is 11.9. The first-order chi connectivity index (χ1) is 9.43. The van der Waals surface area contributed by atoms with E-state index in [9.17, 15) is 4.79 Å². The third-order valence-electron chi connectivity index (χ3n) is 3.17. The van der Waals surface area contributed by atoms with Gasteiger partial charge in [-0.15, -0.1) is 0 Å². The standard InChI is InChI=1S/C15H14BrClN2O/c1-15(14(18)20,10-6-8-11(16)9-7-10)19-13-5-3-2-4-12(13)17/h2-9,19H,1H3,(H2,18,20). The Morgan fingerprint density at radius 1 is 1.20 bits per heavy atom. The summed E-state index contributed by atoms with van der Waals surface area (Å²) >= 11 is 9.50. The summed E-state index contributed by atoms with van der Waals surface area (Å²) < 4.78 is 0.936. The predicted octanol–water partition coefficient (Wildman–Crippen LogP) is 3.92. The SMILES string of the molecule is CC(Nc1ccccc1Cl)(C(N)=O)c1ccc(Br)cc1. The predicted molar refractivity (Wildman–Crippen MR) is 85.8 cm³/mol. The number of primary amides is 1. The molecule has 0 spiro atoms. The minimum Gasteiger partial charge on any atom is -0.367 e. The van der Waals surface area contributed by atoms with Crippen molar-refractivity contribution in [2.24, 2.45) is 5.73 Å². The zero-order valence-corrected chi connectivity index (χ0v) is 13.2. The summed E-state index contributed by atoms with van der Waals surface area (Å²) in [5, 5.41) is 3.68. The molecule has 0 aromatic heterocycles. The lowest BCUT2D eigenvalue weighted by atomic mass is 9.91. The Kier molecular flexibility index (Phi) is 4.35. The lowest BCUT2D eigenvalue weighted by molar-refractivity contribution is -0.122. The number of carbonyl (C=O) groups is 1. The molecule has 2 aromatic rings. The molecule has 2 rings (SSSR count). The summed E-state index contributed by atoms with van der Waals surface area (Å²) in [4.78, 5) is 11.9. The van der Waals surface area contributed by atoms with E-state index >= 15 is 0 Å². The van der Waals surface area contributed by atoms with Gasteiger partial charge in [0.05, 0.1) is 10.7 Å². The van der Waals surface area contributed by atoms with E-state index < -0.39 is 11.4 Å². The molecule has 0 bridgehead atoms. The summed E-state index contributed by atoms with van der Waals surface area (Å²) in [7, 11) is 0. The zero-order chi connectivity index (χ0) is 14.8. The number of halogens is 2. The summed E-state index contributed by atoms with van der Waals surface area (Å²) in [5.74, 6) is -0.472. The number of hydrogen-bond donors (Lipinski definition) is 2. The first-order valence-electron chi connectivity index (χ1n) is 6.02. The highest BCUT2D eigenvalue weighted by Gasteiger charge is 2.33. The van der Waals surface area contributed by atoms with Gasteiger partial charge >= 0.3 is 0 Å². The number of amides is 1. The minimum absolute atomic E-state index is 0.472. The fourth-order valence-corrected chi connectivity index (χ4v) is 2.34. The van der Waals surface area contributed by atoms with Gasteiger partial charge in [0.15, 0.2) is 0 Å². The Labute approximate surface area is 131 Å². The van der Waals surface area contributed by atoms with Gasteiger partial charge in [-0.2, -0.15) is 0 Å². The number of benzene rings is 2. The van der Waals surface area contributed by atoms with Crippen molar-refractivity contribution in [2.45, 2.75) is 12.5 Å². The Balaban J connectivity index is 2.43. The fourth-order valence-electron chi connectivity index (χ4n) is 1.89. The van der Waals surface area contributed by atoms with Crippen molar-refractivity contribution in [3.63, 3.8) is 0 Å². The molecular formula is C15H14BrClN2O. The molecule has 0 radical (unpaired) electrons. The topological polar surface area (TPSA) is 55.1 Å². The molecule has 20 heavy (non-hydrogen) atoms. The summed E-state index contributed by atoms with van der Waals surface area (Å²) in [6.07, 6.45) is 0. The van der Waals surface area contributed by atoms with Crippen molar-refractivity contribution in [3.05, 3.63) is 63.6 Å². The molecule has 3 nitrogen and oxygen atoms in total. The maximum Gasteiger partial charge on any atom is 0.247 e. The van der Waals surface area contributed by atoms with Gasteiger partial charge in [0.25, 0.3) is 0 Å². The summed E-state index contributed by atoms with van der Waals surface area (Å²) in [5.41, 5.74) is 5.98. The Morgan fingerprint density at radius 2 is 1.80 bits per heavy atom. The van der Waals surface area contributed by atoms with Crippen molar-refractivity contribution in [1.82, 2.24) is 0 Å². The third kappa shape index (κ3) is 2.97. The third-order valence-corrected chi connectivity index (χ3v) is 4.03. The van der Waals surface area contributed by atoms with Gasteiger partial charge in [-0.25, -0.2) is 0 Å². The van der Waals surface area contributed by atoms with Crippen LogP contribution in [0.1, 0.15) is 12.5 Å². The van der Waals surface area contributed by atoms with E-state index in [0.29, 0.717) is 10.7 Å². The number of nitrogens with two attached hydrogens (primary N) is 1. The van der Waals surface area contributed by atoms with Crippen LogP contribution in [0.5, 0.6) is 0 Å². The molecule has 0 aliphatic rings. The van der Waals surface area contributed by atoms with E-state index in [0.717, 1.165) is 10.0 Å². The van der Waals surface area contributed by atoms with Gasteiger partial charge in [0.1, 0.15) is 5.54 Å². The molecular weight excluding hydrogens is 340 g/mol. The van der Waals surface area contributed by atoms with Crippen LogP contribution in [0.3, 0.4) is 0 Å². The van der Waals surface area contributed by atoms with Crippen LogP contribution in [-0.4, -0.2) is 5.91 Å². The van der Waals surface area contributed by atoms with Crippen LogP contribution >= 0.6 is 27.5 Å². The molecule has 0 saturated carbocycles. The fraction of sp³-hybridized carbons (Fsp3) is 0.133. The molecule has 1 amide bonds. The Morgan fingerprint density at radius 3 is 2.35 bits per heavy atom. The number of rotatable bonds is 4. The quantitative estimate of drug-likeness (QED) is 0.875. The molecule has 5 heteroatoms. The highest BCUT2D eigenvalue weighted by Crippen LogP contribution is 2.30. The van der Waals surface area contributed by atoms with Gasteiger partial charge in [0, 0.05) is 4.47 Å². The summed E-state index contributed by atoms with van der Waals surface area (Å²) in [6, 6.07) is 14.7. The molecule has 0 heterocycles. The van der Waals surface area contributed by atoms with Crippen LogP contribution < -0.4 is 11.1 Å². The Hall–Kier alpha value is -1.52. The normalized spacial score (nSPS) is 13.6. The number of hydrogen-bond acceptors (Lipinski definition) is 2. The second-order valence-electron chi connectivity index (χ2n) is 4.60. The summed E-state index contributed by atoms with van der Waals surface area (Å²) in [6.45, 7) is 1.74.